The fourth-order valence-electron chi connectivity index (χ4n) is 4.01. The number of phosphoric acid groups is 1. The quantitative estimate of drug-likeness (QED) is 0.232. The molecule has 0 heterocycles. The number of hydrogen-bond donors (Lipinski definition) is 4. The molecule has 32 heavy (non-hydrogen) atoms. The van der Waals surface area contributed by atoms with Crippen molar-refractivity contribution in [3.05, 3.63) is 71.8 Å². The highest BCUT2D eigenvalue weighted by Gasteiger charge is 2.39. The molecule has 0 unspecified atom stereocenters. The predicted molar refractivity (Wildman–Crippen MR) is 129 cm³/mol. The van der Waals surface area contributed by atoms with Crippen LogP contribution in [-0.2, 0) is 14.8 Å². The van der Waals surface area contributed by atoms with Gasteiger partial charge in [-0.25, -0.2) is 4.57 Å². The summed E-state index contributed by atoms with van der Waals surface area (Å²) in [6, 6.07) is 20.1. The van der Waals surface area contributed by atoms with Gasteiger partial charge in [0.15, 0.2) is 0 Å². The zero-order valence-corrected chi connectivity index (χ0v) is 19.9. The van der Waals surface area contributed by atoms with Gasteiger partial charge in [-0.1, -0.05) is 125 Å². The van der Waals surface area contributed by atoms with Crippen molar-refractivity contribution >= 4 is 13.7 Å². The van der Waals surface area contributed by atoms with Crippen LogP contribution in [0.3, 0.4) is 0 Å². The monoisotopic (exact) mass is 463 g/mol. The number of unbranched alkanes of at least 4 members (excludes halogenated alkanes) is 8. The van der Waals surface area contributed by atoms with Crippen molar-refractivity contribution in [2.75, 3.05) is 0 Å². The van der Waals surface area contributed by atoms with Crippen LogP contribution in [-0.4, -0.2) is 20.6 Å². The summed E-state index contributed by atoms with van der Waals surface area (Å²) >= 11 is 0. The first-order valence-corrected chi connectivity index (χ1v) is 13.0. The van der Waals surface area contributed by atoms with Crippen LogP contribution >= 0.6 is 7.82 Å². The normalized spacial score (nSPS) is 11.5. The van der Waals surface area contributed by atoms with E-state index in [0.717, 1.165) is 30.4 Å². The molecule has 0 saturated carbocycles. The Kier molecular flexibility index (Phi) is 13.1. The lowest BCUT2D eigenvalue weighted by molar-refractivity contribution is -0.122. The average Bonchev–Trinajstić information content (AvgIpc) is 2.75. The van der Waals surface area contributed by atoms with Crippen LogP contribution in [0.25, 0.3) is 0 Å². The first-order valence-electron chi connectivity index (χ1n) is 11.4. The lowest BCUT2D eigenvalue weighted by Gasteiger charge is -2.32. The van der Waals surface area contributed by atoms with E-state index in [1.54, 1.807) is 0 Å². The van der Waals surface area contributed by atoms with Crippen molar-refractivity contribution in [1.29, 1.82) is 0 Å². The van der Waals surface area contributed by atoms with E-state index in [2.05, 4.69) is 6.92 Å². The largest absolute Gasteiger partial charge is 0.466 e. The molecule has 0 aliphatic heterocycles. The Morgan fingerprint density at radius 1 is 0.750 bits per heavy atom. The van der Waals surface area contributed by atoms with Crippen LogP contribution in [0.1, 0.15) is 82.3 Å². The van der Waals surface area contributed by atoms with Gasteiger partial charge in [0.05, 0.1) is 5.41 Å². The Morgan fingerprint density at radius 3 is 1.44 bits per heavy atom. The molecule has 0 aliphatic carbocycles. The number of rotatable bonds is 13. The minimum atomic E-state index is -4.64. The zero-order valence-electron chi connectivity index (χ0n) is 19.0. The predicted octanol–water partition coefficient (Wildman–Crippen LogP) is 5.45. The van der Waals surface area contributed by atoms with Crippen LogP contribution in [0.15, 0.2) is 60.7 Å². The second kappa shape index (κ2) is 15.0. The van der Waals surface area contributed by atoms with Gasteiger partial charge in [0, 0.05) is 0 Å². The van der Waals surface area contributed by atoms with Crippen molar-refractivity contribution in [2.24, 2.45) is 5.73 Å². The van der Waals surface area contributed by atoms with Gasteiger partial charge in [-0.3, -0.25) is 4.79 Å². The van der Waals surface area contributed by atoms with E-state index in [9.17, 15) is 4.79 Å². The molecule has 0 bridgehead atoms. The number of benzene rings is 2. The van der Waals surface area contributed by atoms with Crippen molar-refractivity contribution in [2.45, 2.75) is 76.5 Å². The van der Waals surface area contributed by atoms with Crippen LogP contribution in [0.4, 0.5) is 0 Å². The van der Waals surface area contributed by atoms with Gasteiger partial charge in [-0.2, -0.15) is 0 Å². The van der Waals surface area contributed by atoms with Gasteiger partial charge in [0.2, 0.25) is 5.91 Å². The first kappa shape index (κ1) is 28.1. The molecule has 0 aliphatic rings. The van der Waals surface area contributed by atoms with E-state index in [-0.39, 0.29) is 5.91 Å². The highest BCUT2D eigenvalue weighted by molar-refractivity contribution is 7.45. The number of carbonyl (C=O) groups is 1. The Hall–Kier alpha value is -1.98. The molecular weight excluding hydrogens is 425 g/mol. The van der Waals surface area contributed by atoms with Crippen LogP contribution in [0.5, 0.6) is 0 Å². The molecule has 2 aromatic rings. The van der Waals surface area contributed by atoms with E-state index in [4.69, 9.17) is 25.0 Å². The molecule has 6 nitrogen and oxygen atoms in total. The maximum Gasteiger partial charge on any atom is 0.466 e. The minimum absolute atomic E-state index is 0.250. The SMILES string of the molecule is CCCCCCCCCCCC(C(N)=O)(c1ccccc1)c1ccccc1.O=P(O)(O)O. The summed E-state index contributed by atoms with van der Waals surface area (Å²) in [7, 11) is -4.64. The Labute approximate surface area is 192 Å². The molecule has 0 aromatic heterocycles. The fourth-order valence-corrected chi connectivity index (χ4v) is 4.01. The van der Waals surface area contributed by atoms with Crippen LogP contribution in [0, 0.1) is 0 Å². The van der Waals surface area contributed by atoms with Gasteiger partial charge in [-0.15, -0.1) is 0 Å². The third-order valence-electron chi connectivity index (χ3n) is 5.61. The first-order chi connectivity index (χ1) is 15.2. The molecule has 5 N–H and O–H groups in total. The molecule has 0 atom stereocenters. The number of amides is 1. The van der Waals surface area contributed by atoms with E-state index >= 15 is 0 Å². The van der Waals surface area contributed by atoms with Gasteiger partial charge < -0.3 is 20.4 Å². The summed E-state index contributed by atoms with van der Waals surface area (Å²) in [4.78, 5) is 34.3. The smallest absolute Gasteiger partial charge is 0.369 e. The lowest BCUT2D eigenvalue weighted by atomic mass is 9.70. The van der Waals surface area contributed by atoms with Crippen molar-refractivity contribution in [3.8, 4) is 0 Å². The number of nitrogens with two attached hydrogens (primary N) is 1. The van der Waals surface area contributed by atoms with Gasteiger partial charge in [-0.05, 0) is 17.5 Å². The highest BCUT2D eigenvalue weighted by Crippen LogP contribution is 2.37. The summed E-state index contributed by atoms with van der Waals surface area (Å²) < 4.78 is 8.88. The molecule has 0 saturated heterocycles. The summed E-state index contributed by atoms with van der Waals surface area (Å²) in [5.74, 6) is -0.250. The zero-order chi connectivity index (χ0) is 23.9. The molecule has 178 valence electrons. The number of hydrogen-bond acceptors (Lipinski definition) is 2. The molecule has 2 aromatic carbocycles. The summed E-state index contributed by atoms with van der Waals surface area (Å²) in [6.45, 7) is 2.25. The standard InChI is InChI=1S/C25H35NO.H3O4P/c1-2-3-4-5-6-7-8-9-16-21-25(24(26)27,22-17-12-10-13-18-22)23-19-14-11-15-20-23;1-5(2,3)4/h10-15,17-20H,2-9,16,21H2,1H3,(H2,26,27);(H3,1,2,3,4). The average molecular weight is 464 g/mol. The number of primary amides is 1. The van der Waals surface area contributed by atoms with Crippen LogP contribution < -0.4 is 5.73 Å². The topological polar surface area (TPSA) is 121 Å². The number of carbonyl (C=O) groups excluding carboxylic acids is 1. The summed E-state index contributed by atoms with van der Waals surface area (Å²) in [5, 5.41) is 0. The minimum Gasteiger partial charge on any atom is -0.369 e. The van der Waals surface area contributed by atoms with E-state index in [0.29, 0.717) is 0 Å². The van der Waals surface area contributed by atoms with Gasteiger partial charge >= 0.3 is 7.82 Å². The third kappa shape index (κ3) is 10.6. The fraction of sp³-hybridized carbons (Fsp3) is 0.480. The molecule has 0 radical (unpaired) electrons. The molecule has 7 heteroatoms. The molecule has 1 amide bonds. The van der Waals surface area contributed by atoms with E-state index in [1.165, 1.54) is 44.9 Å². The Balaban J connectivity index is 0.000000920. The maximum atomic E-state index is 12.7. The molecule has 0 spiro atoms. The van der Waals surface area contributed by atoms with Crippen molar-refractivity contribution < 1.29 is 24.0 Å². The second-order valence-corrected chi connectivity index (χ2v) is 9.12. The maximum absolute atomic E-state index is 12.7. The lowest BCUT2D eigenvalue weighted by Crippen LogP contribution is -2.42. The molecule has 0 fully saturated rings. The second-order valence-electron chi connectivity index (χ2n) is 8.09. The summed E-state index contributed by atoms with van der Waals surface area (Å²) in [6.07, 6.45) is 12.2. The summed E-state index contributed by atoms with van der Waals surface area (Å²) in [5.41, 5.74) is 7.28. The van der Waals surface area contributed by atoms with Crippen LogP contribution in [0.2, 0.25) is 0 Å². The Bertz CT molecular complexity index is 760. The van der Waals surface area contributed by atoms with Crippen molar-refractivity contribution in [1.82, 2.24) is 0 Å². The third-order valence-corrected chi connectivity index (χ3v) is 5.61. The van der Waals surface area contributed by atoms with Crippen molar-refractivity contribution in [3.63, 3.8) is 0 Å². The Morgan fingerprint density at radius 2 is 1.09 bits per heavy atom. The van der Waals surface area contributed by atoms with E-state index in [1.807, 2.05) is 60.7 Å². The van der Waals surface area contributed by atoms with Gasteiger partial charge in [0.25, 0.3) is 0 Å². The van der Waals surface area contributed by atoms with E-state index < -0.39 is 13.2 Å². The molecular formula is C25H38NO5P. The highest BCUT2D eigenvalue weighted by atomic mass is 31.2. The molecule has 2 rings (SSSR count). The van der Waals surface area contributed by atoms with Gasteiger partial charge in [0.1, 0.15) is 0 Å².